The number of nitrogens with zero attached hydrogens (tertiary/aromatic N) is 2. The summed E-state index contributed by atoms with van der Waals surface area (Å²) in [6.45, 7) is 1.81. The fraction of sp³-hybridized carbons (Fsp3) is 0.273. The first-order valence-corrected chi connectivity index (χ1v) is 11.7. The molecule has 2 N–H and O–H groups in total. The Morgan fingerprint density at radius 3 is 2.38 bits per heavy atom. The minimum atomic E-state index is -0.498. The van der Waals surface area contributed by atoms with Gasteiger partial charge in [-0.05, 0) is 55.3 Å². The highest BCUT2D eigenvalue weighted by Gasteiger charge is 2.33. The van der Waals surface area contributed by atoms with Gasteiger partial charge in [-0.3, -0.25) is 14.4 Å². The predicted octanol–water partition coefficient (Wildman–Crippen LogP) is 4.67. The molecule has 0 saturated carbocycles. The molecule has 0 spiro atoms. The van der Waals surface area contributed by atoms with Crippen molar-refractivity contribution in [2.45, 2.75) is 24.5 Å². The van der Waals surface area contributed by atoms with Crippen molar-refractivity contribution < 1.29 is 14.4 Å². The van der Waals surface area contributed by atoms with Crippen LogP contribution in [-0.4, -0.2) is 46.1 Å². The number of amidine groups is 1. The van der Waals surface area contributed by atoms with E-state index in [0.29, 0.717) is 27.0 Å². The van der Waals surface area contributed by atoms with Crippen LogP contribution in [-0.2, 0) is 9.59 Å². The first kappa shape index (κ1) is 22.6. The average molecular weight is 491 g/mol. The lowest BCUT2D eigenvalue weighted by molar-refractivity contribution is -0.121. The van der Waals surface area contributed by atoms with Crippen LogP contribution in [0.2, 0.25) is 10.0 Å². The molecule has 166 valence electrons. The number of nitrogens with one attached hydrogen (secondary N) is 2. The highest BCUT2D eigenvalue weighted by molar-refractivity contribution is 8.15. The van der Waals surface area contributed by atoms with E-state index in [-0.39, 0.29) is 24.1 Å². The van der Waals surface area contributed by atoms with E-state index in [4.69, 9.17) is 23.2 Å². The van der Waals surface area contributed by atoms with Crippen LogP contribution in [0.3, 0.4) is 0 Å². The van der Waals surface area contributed by atoms with Crippen LogP contribution in [0.5, 0.6) is 0 Å². The molecule has 3 amide bonds. The van der Waals surface area contributed by atoms with Crippen LogP contribution in [0.4, 0.5) is 11.4 Å². The number of carbonyl (C=O) groups excluding carboxylic acids is 3. The Bertz CT molecular complexity index is 1090. The average Bonchev–Trinajstić information content (AvgIpc) is 3.41. The number of hydrogen-bond acceptors (Lipinski definition) is 5. The Balaban J connectivity index is 1.29. The van der Waals surface area contributed by atoms with Gasteiger partial charge >= 0.3 is 0 Å². The summed E-state index contributed by atoms with van der Waals surface area (Å²) in [5.41, 5.74) is 1.48. The molecule has 1 fully saturated rings. The van der Waals surface area contributed by atoms with E-state index in [1.807, 2.05) is 0 Å². The smallest absolute Gasteiger partial charge is 0.262 e. The van der Waals surface area contributed by atoms with Crippen molar-refractivity contribution in [3.8, 4) is 0 Å². The van der Waals surface area contributed by atoms with Gasteiger partial charge in [0, 0.05) is 36.4 Å². The number of aliphatic imine (C=N–C) groups is 1. The molecular weight excluding hydrogens is 471 g/mol. The fourth-order valence-electron chi connectivity index (χ4n) is 3.42. The predicted molar refractivity (Wildman–Crippen MR) is 129 cm³/mol. The van der Waals surface area contributed by atoms with Crippen molar-refractivity contribution in [3.63, 3.8) is 0 Å². The lowest BCUT2D eigenvalue weighted by atomic mass is 10.2. The van der Waals surface area contributed by atoms with Gasteiger partial charge in [-0.15, -0.1) is 0 Å². The maximum Gasteiger partial charge on any atom is 0.262 e. The second kappa shape index (κ2) is 9.94. The minimum absolute atomic E-state index is 0.0455. The van der Waals surface area contributed by atoms with Crippen molar-refractivity contribution in [3.05, 3.63) is 58.1 Å². The van der Waals surface area contributed by atoms with Crippen molar-refractivity contribution >= 4 is 69.2 Å². The van der Waals surface area contributed by atoms with E-state index in [2.05, 4.69) is 20.5 Å². The summed E-state index contributed by atoms with van der Waals surface area (Å²) < 4.78 is 0. The van der Waals surface area contributed by atoms with Gasteiger partial charge in [0.1, 0.15) is 5.25 Å². The van der Waals surface area contributed by atoms with Gasteiger partial charge in [0.25, 0.3) is 11.8 Å². The third-order valence-electron chi connectivity index (χ3n) is 5.08. The van der Waals surface area contributed by atoms with Crippen LogP contribution < -0.4 is 10.6 Å². The quantitative estimate of drug-likeness (QED) is 0.635. The first-order chi connectivity index (χ1) is 15.4. The Morgan fingerprint density at radius 1 is 1.00 bits per heavy atom. The van der Waals surface area contributed by atoms with Crippen LogP contribution in [0.25, 0.3) is 0 Å². The number of carbonyl (C=O) groups is 3. The molecule has 1 unspecified atom stereocenters. The minimum Gasteiger partial charge on any atom is -0.351 e. The molecule has 1 saturated heterocycles. The summed E-state index contributed by atoms with van der Waals surface area (Å²) in [4.78, 5) is 43.2. The van der Waals surface area contributed by atoms with Gasteiger partial charge in [-0.25, -0.2) is 0 Å². The van der Waals surface area contributed by atoms with Gasteiger partial charge in [0.05, 0.1) is 10.0 Å². The lowest BCUT2D eigenvalue weighted by Gasteiger charge is -2.16. The monoisotopic (exact) mass is 490 g/mol. The molecule has 1 atom stereocenters. The molecule has 4 rings (SSSR count). The first-order valence-electron chi connectivity index (χ1n) is 10.1. The maximum atomic E-state index is 12.4. The van der Waals surface area contributed by atoms with Crippen LogP contribution in [0.1, 0.15) is 29.6 Å². The number of thioether (sulfide) groups is 1. The molecule has 2 heterocycles. The molecule has 2 aliphatic heterocycles. The number of halogens is 2. The molecule has 2 aliphatic rings. The van der Waals surface area contributed by atoms with Gasteiger partial charge in [0.15, 0.2) is 5.17 Å². The Labute approximate surface area is 199 Å². The lowest BCUT2D eigenvalue weighted by Crippen LogP contribution is -2.25. The van der Waals surface area contributed by atoms with Crippen molar-refractivity contribution in [2.24, 2.45) is 4.99 Å². The largest absolute Gasteiger partial charge is 0.351 e. The zero-order chi connectivity index (χ0) is 22.7. The van der Waals surface area contributed by atoms with Gasteiger partial charge in [-0.1, -0.05) is 35.0 Å². The zero-order valence-corrected chi connectivity index (χ0v) is 19.3. The highest BCUT2D eigenvalue weighted by atomic mass is 35.5. The van der Waals surface area contributed by atoms with E-state index in [9.17, 15) is 14.4 Å². The molecule has 7 nitrogen and oxygen atoms in total. The van der Waals surface area contributed by atoms with Crippen LogP contribution in [0, 0.1) is 0 Å². The van der Waals surface area contributed by atoms with Crippen molar-refractivity contribution in [2.75, 3.05) is 23.7 Å². The molecule has 2 aromatic rings. The van der Waals surface area contributed by atoms with Crippen molar-refractivity contribution in [1.82, 2.24) is 4.90 Å². The number of likely N-dealkylation sites (tertiary alicyclic amines) is 1. The molecule has 0 aliphatic carbocycles. The third-order valence-corrected chi connectivity index (χ3v) is 7.04. The number of amides is 3. The van der Waals surface area contributed by atoms with Crippen LogP contribution in [0.15, 0.2) is 47.5 Å². The van der Waals surface area contributed by atoms with Gasteiger partial charge < -0.3 is 15.5 Å². The number of rotatable bonds is 5. The molecule has 0 radical (unpaired) electrons. The second-order valence-corrected chi connectivity index (χ2v) is 9.43. The van der Waals surface area contributed by atoms with Crippen LogP contribution >= 0.6 is 35.0 Å². The van der Waals surface area contributed by atoms with E-state index < -0.39 is 5.25 Å². The highest BCUT2D eigenvalue weighted by Crippen LogP contribution is 2.29. The van der Waals surface area contributed by atoms with E-state index in [1.54, 1.807) is 42.5 Å². The molecule has 32 heavy (non-hydrogen) atoms. The molecule has 10 heteroatoms. The van der Waals surface area contributed by atoms with Gasteiger partial charge in [0.2, 0.25) is 5.91 Å². The molecular formula is C22H20Cl2N4O3S. The fourth-order valence-corrected chi connectivity index (χ4v) is 4.83. The second-order valence-electron chi connectivity index (χ2n) is 7.45. The summed E-state index contributed by atoms with van der Waals surface area (Å²) in [6, 6.07) is 11.3. The normalized spacial score (nSPS) is 17.9. The topological polar surface area (TPSA) is 90.9 Å². The van der Waals surface area contributed by atoms with Crippen molar-refractivity contribution in [1.29, 1.82) is 0 Å². The third kappa shape index (κ3) is 5.43. The SMILES string of the molecule is O=C(CC1SC(N2CCCC2)=NC1=O)Nc1ccc(C(=O)Nc2ccc(Cl)c(Cl)c2)cc1. The maximum absolute atomic E-state index is 12.4. The molecule has 0 bridgehead atoms. The summed E-state index contributed by atoms with van der Waals surface area (Å²) in [5.74, 6) is -0.857. The standard InChI is InChI=1S/C22H20Cl2N4O3S/c23-16-8-7-15(11-17(16)24)26-20(30)13-3-5-14(6-4-13)25-19(29)12-18-21(31)27-22(32-18)28-9-1-2-10-28/h3-8,11,18H,1-2,9-10,12H2,(H,25,29)(H,26,30). The number of benzene rings is 2. The van der Waals surface area contributed by atoms with E-state index in [0.717, 1.165) is 31.1 Å². The Hall–Kier alpha value is -2.55. The summed E-state index contributed by atoms with van der Waals surface area (Å²) in [6.07, 6.45) is 2.24. The molecule has 2 aromatic carbocycles. The Morgan fingerprint density at radius 2 is 1.69 bits per heavy atom. The summed E-state index contributed by atoms with van der Waals surface area (Å²) in [5, 5.41) is 6.49. The zero-order valence-electron chi connectivity index (χ0n) is 16.9. The summed E-state index contributed by atoms with van der Waals surface area (Å²) in [7, 11) is 0. The number of anilines is 2. The van der Waals surface area contributed by atoms with Gasteiger partial charge in [-0.2, -0.15) is 4.99 Å². The number of hydrogen-bond donors (Lipinski definition) is 2. The Kier molecular flexibility index (Phi) is 7.03. The molecule has 0 aromatic heterocycles. The van der Waals surface area contributed by atoms with E-state index in [1.165, 1.54) is 11.8 Å². The summed E-state index contributed by atoms with van der Waals surface area (Å²) >= 11 is 13.2. The van der Waals surface area contributed by atoms with E-state index >= 15 is 0 Å².